The fourth-order valence-electron chi connectivity index (χ4n) is 1.42. The van der Waals surface area contributed by atoms with Crippen LogP contribution in [0, 0.1) is 0 Å². The molecule has 0 spiro atoms. The summed E-state index contributed by atoms with van der Waals surface area (Å²) in [5.41, 5.74) is -0.539. The zero-order chi connectivity index (χ0) is 13.8. The van der Waals surface area contributed by atoms with Crippen molar-refractivity contribution in [1.82, 2.24) is 5.32 Å². The lowest BCUT2D eigenvalue weighted by Gasteiger charge is -2.29. The molecule has 6 heteroatoms. The summed E-state index contributed by atoms with van der Waals surface area (Å²) in [6.07, 6.45) is 0.442. The number of hydrogen-bond donors (Lipinski definition) is 3. The molecule has 0 atom stereocenters. The van der Waals surface area contributed by atoms with Crippen molar-refractivity contribution in [2.45, 2.75) is 18.9 Å². The Hall–Kier alpha value is -0.430. The van der Waals surface area contributed by atoms with E-state index in [0.29, 0.717) is 16.5 Å². The zero-order valence-corrected chi connectivity index (χ0v) is 13.1. The van der Waals surface area contributed by atoms with Gasteiger partial charge in [-0.2, -0.15) is 0 Å². The first-order chi connectivity index (χ1) is 8.48. The molecule has 0 aliphatic carbocycles. The van der Waals surface area contributed by atoms with Gasteiger partial charge in [0.2, 0.25) is 0 Å². The topological polar surface area (TPSA) is 69.6 Å². The Morgan fingerprint density at radius 1 is 1.33 bits per heavy atom. The third kappa shape index (κ3) is 3.54. The maximum absolute atomic E-state index is 12.1. The lowest BCUT2D eigenvalue weighted by molar-refractivity contribution is 0.0652. The number of amides is 1. The highest BCUT2D eigenvalue weighted by Gasteiger charge is 2.29. The Labute approximate surface area is 123 Å². The number of aliphatic hydroxyl groups excluding tert-OH is 2. The van der Waals surface area contributed by atoms with E-state index in [1.807, 2.05) is 6.07 Å². The van der Waals surface area contributed by atoms with Crippen molar-refractivity contribution in [3.8, 4) is 0 Å². The van der Waals surface area contributed by atoms with Crippen molar-refractivity contribution in [3.05, 3.63) is 32.7 Å². The van der Waals surface area contributed by atoms with Crippen LogP contribution in [0.1, 0.15) is 23.7 Å². The van der Waals surface area contributed by atoms with Crippen LogP contribution in [0.15, 0.2) is 27.1 Å². The molecule has 1 aromatic carbocycles. The highest BCUT2D eigenvalue weighted by atomic mass is 79.9. The quantitative estimate of drug-likeness (QED) is 0.732. The summed E-state index contributed by atoms with van der Waals surface area (Å²) in [4.78, 5) is 12.1. The van der Waals surface area contributed by atoms with Gasteiger partial charge in [-0.3, -0.25) is 4.79 Å². The molecule has 0 aromatic heterocycles. The second-order valence-corrected chi connectivity index (χ2v) is 5.80. The Balaban J connectivity index is 2.97. The van der Waals surface area contributed by atoms with E-state index < -0.39 is 5.54 Å². The third-order valence-electron chi connectivity index (χ3n) is 2.83. The first-order valence-corrected chi connectivity index (χ1v) is 7.06. The van der Waals surface area contributed by atoms with E-state index in [2.05, 4.69) is 37.2 Å². The molecule has 1 aromatic rings. The molecule has 0 saturated carbocycles. The Morgan fingerprint density at radius 2 is 1.94 bits per heavy atom. The van der Waals surface area contributed by atoms with Gasteiger partial charge in [0.25, 0.3) is 5.91 Å². The summed E-state index contributed by atoms with van der Waals surface area (Å²) in [5, 5.41) is 21.3. The molecular weight excluding hydrogens is 366 g/mol. The van der Waals surface area contributed by atoms with E-state index in [1.54, 1.807) is 19.1 Å². The molecule has 1 amide bonds. The molecule has 0 radical (unpaired) electrons. The van der Waals surface area contributed by atoms with Crippen LogP contribution < -0.4 is 5.32 Å². The predicted molar refractivity (Wildman–Crippen MR) is 76.5 cm³/mol. The Morgan fingerprint density at radius 3 is 2.44 bits per heavy atom. The van der Waals surface area contributed by atoms with E-state index in [9.17, 15) is 15.0 Å². The molecule has 0 aliphatic heterocycles. The monoisotopic (exact) mass is 379 g/mol. The SMILES string of the molecule is CCC(CO)(CO)NC(=O)c1cc(Br)ccc1Br. The molecule has 0 heterocycles. The van der Waals surface area contributed by atoms with Crippen LogP contribution in [0.5, 0.6) is 0 Å². The molecule has 3 N–H and O–H groups in total. The summed E-state index contributed by atoms with van der Waals surface area (Å²) in [6, 6.07) is 5.24. The van der Waals surface area contributed by atoms with Gasteiger partial charge in [0.15, 0.2) is 0 Å². The first kappa shape index (κ1) is 15.6. The molecule has 0 fully saturated rings. The molecule has 1 rings (SSSR count). The predicted octanol–water partition coefficient (Wildman–Crippen LogP) is 2.07. The molecule has 0 bridgehead atoms. The largest absolute Gasteiger partial charge is 0.394 e. The van der Waals surface area contributed by atoms with Gasteiger partial charge in [0.1, 0.15) is 0 Å². The number of hydrogen-bond acceptors (Lipinski definition) is 3. The van der Waals surface area contributed by atoms with E-state index in [0.717, 1.165) is 4.47 Å². The number of halogens is 2. The minimum Gasteiger partial charge on any atom is -0.394 e. The van der Waals surface area contributed by atoms with E-state index >= 15 is 0 Å². The normalized spacial score (nSPS) is 11.4. The lowest BCUT2D eigenvalue weighted by atomic mass is 9.98. The number of carbonyl (C=O) groups is 1. The second-order valence-electron chi connectivity index (χ2n) is 4.03. The average molecular weight is 381 g/mol. The van der Waals surface area contributed by atoms with Crippen LogP contribution in [-0.4, -0.2) is 34.9 Å². The maximum Gasteiger partial charge on any atom is 0.253 e. The van der Waals surface area contributed by atoms with Crippen LogP contribution in [0.25, 0.3) is 0 Å². The smallest absolute Gasteiger partial charge is 0.253 e. The van der Waals surface area contributed by atoms with Crippen molar-refractivity contribution in [2.24, 2.45) is 0 Å². The minimum atomic E-state index is -0.987. The van der Waals surface area contributed by atoms with Crippen molar-refractivity contribution in [1.29, 1.82) is 0 Å². The van der Waals surface area contributed by atoms with Crippen molar-refractivity contribution >= 4 is 37.8 Å². The lowest BCUT2D eigenvalue weighted by Crippen LogP contribution is -2.53. The third-order valence-corrected chi connectivity index (χ3v) is 4.02. The van der Waals surface area contributed by atoms with E-state index in [1.165, 1.54) is 0 Å². The van der Waals surface area contributed by atoms with Gasteiger partial charge in [0.05, 0.1) is 24.3 Å². The van der Waals surface area contributed by atoms with Crippen molar-refractivity contribution < 1.29 is 15.0 Å². The van der Waals surface area contributed by atoms with Crippen molar-refractivity contribution in [3.63, 3.8) is 0 Å². The van der Waals surface area contributed by atoms with Gasteiger partial charge in [-0.05, 0) is 40.5 Å². The molecule has 0 aliphatic rings. The summed E-state index contributed by atoms with van der Waals surface area (Å²) in [6.45, 7) is 1.18. The Kier molecular flexibility index (Phi) is 5.78. The number of nitrogens with one attached hydrogen (secondary N) is 1. The van der Waals surface area contributed by atoms with Gasteiger partial charge in [-0.1, -0.05) is 22.9 Å². The number of carbonyl (C=O) groups excluding carboxylic acids is 1. The van der Waals surface area contributed by atoms with Crippen LogP contribution >= 0.6 is 31.9 Å². The van der Waals surface area contributed by atoms with Crippen molar-refractivity contribution in [2.75, 3.05) is 13.2 Å². The zero-order valence-electron chi connectivity index (χ0n) is 9.91. The maximum atomic E-state index is 12.1. The van der Waals surface area contributed by atoms with Gasteiger partial charge in [-0.25, -0.2) is 0 Å². The van der Waals surface area contributed by atoms with Gasteiger partial charge >= 0.3 is 0 Å². The van der Waals surface area contributed by atoms with Gasteiger partial charge < -0.3 is 15.5 Å². The molecule has 0 saturated heterocycles. The highest BCUT2D eigenvalue weighted by Crippen LogP contribution is 2.22. The standard InChI is InChI=1S/C12H15Br2NO3/c1-2-12(6-16,7-17)15-11(18)9-5-8(13)3-4-10(9)14/h3-5,16-17H,2,6-7H2,1H3,(H,15,18). The van der Waals surface area contributed by atoms with E-state index in [4.69, 9.17) is 0 Å². The van der Waals surface area contributed by atoms with Gasteiger partial charge in [0, 0.05) is 8.95 Å². The number of rotatable bonds is 5. The van der Waals surface area contributed by atoms with Crippen LogP contribution in [0.3, 0.4) is 0 Å². The fraction of sp³-hybridized carbons (Fsp3) is 0.417. The molecule has 100 valence electrons. The highest BCUT2D eigenvalue weighted by molar-refractivity contribution is 9.11. The average Bonchev–Trinajstić information content (AvgIpc) is 2.38. The van der Waals surface area contributed by atoms with Crippen LogP contribution in [0.4, 0.5) is 0 Å². The molecule has 0 unspecified atom stereocenters. The summed E-state index contributed by atoms with van der Waals surface area (Å²) in [7, 11) is 0. The molecule has 18 heavy (non-hydrogen) atoms. The minimum absolute atomic E-state index is 0.308. The summed E-state index contributed by atoms with van der Waals surface area (Å²) < 4.78 is 1.44. The number of aliphatic hydroxyl groups is 2. The fourth-order valence-corrected chi connectivity index (χ4v) is 2.21. The van der Waals surface area contributed by atoms with Crippen LogP contribution in [-0.2, 0) is 0 Å². The first-order valence-electron chi connectivity index (χ1n) is 5.47. The molecule has 4 nitrogen and oxygen atoms in total. The Bertz CT molecular complexity index is 425. The number of benzene rings is 1. The van der Waals surface area contributed by atoms with E-state index in [-0.39, 0.29) is 19.1 Å². The second kappa shape index (κ2) is 6.65. The summed E-state index contributed by atoms with van der Waals surface area (Å²) in [5.74, 6) is -0.340. The van der Waals surface area contributed by atoms with Gasteiger partial charge in [-0.15, -0.1) is 0 Å². The van der Waals surface area contributed by atoms with Crippen LogP contribution in [0.2, 0.25) is 0 Å². The molecular formula is C12H15Br2NO3. The summed E-state index contributed by atoms with van der Waals surface area (Å²) >= 11 is 6.59.